The molecule has 0 spiro atoms. The molecule has 2 N–H and O–H groups in total. The van der Waals surface area contributed by atoms with Gasteiger partial charge in [-0.2, -0.15) is 0 Å². The summed E-state index contributed by atoms with van der Waals surface area (Å²) in [6, 6.07) is 0. The van der Waals surface area contributed by atoms with E-state index in [0.717, 1.165) is 18.4 Å². The van der Waals surface area contributed by atoms with Gasteiger partial charge in [-0.25, -0.2) is 4.98 Å². The molecule has 1 aliphatic rings. The van der Waals surface area contributed by atoms with Crippen LogP contribution in [0, 0.1) is 11.8 Å². The van der Waals surface area contributed by atoms with Crippen LogP contribution in [0.25, 0.3) is 0 Å². The SMILES string of the molecule is CC1CC1Cn1cnc(N)n1. The predicted molar refractivity (Wildman–Crippen MR) is 41.7 cm³/mol. The van der Waals surface area contributed by atoms with Crippen LogP contribution in [0.1, 0.15) is 13.3 Å². The first-order valence-electron chi connectivity index (χ1n) is 3.90. The van der Waals surface area contributed by atoms with Crippen molar-refractivity contribution in [3.8, 4) is 0 Å². The molecule has 1 aromatic rings. The van der Waals surface area contributed by atoms with Gasteiger partial charge in [0, 0.05) is 6.54 Å². The van der Waals surface area contributed by atoms with Crippen LogP contribution in [-0.2, 0) is 6.54 Å². The Hall–Kier alpha value is -1.06. The Balaban J connectivity index is 1.96. The number of hydrogen-bond acceptors (Lipinski definition) is 3. The lowest BCUT2D eigenvalue weighted by molar-refractivity contribution is 0.540. The number of anilines is 1. The van der Waals surface area contributed by atoms with Gasteiger partial charge >= 0.3 is 0 Å². The van der Waals surface area contributed by atoms with E-state index in [2.05, 4.69) is 17.0 Å². The zero-order valence-electron chi connectivity index (χ0n) is 6.57. The fourth-order valence-electron chi connectivity index (χ4n) is 1.29. The van der Waals surface area contributed by atoms with E-state index < -0.39 is 0 Å². The smallest absolute Gasteiger partial charge is 0.239 e. The second-order valence-corrected chi connectivity index (χ2v) is 3.30. The molecule has 4 heteroatoms. The lowest BCUT2D eigenvalue weighted by atomic mass is 10.3. The van der Waals surface area contributed by atoms with E-state index in [9.17, 15) is 0 Å². The highest BCUT2D eigenvalue weighted by Crippen LogP contribution is 2.38. The maximum Gasteiger partial charge on any atom is 0.239 e. The molecule has 1 heterocycles. The molecular formula is C7H12N4. The Bertz CT molecular complexity index is 255. The molecule has 0 amide bonds. The van der Waals surface area contributed by atoms with E-state index in [1.165, 1.54) is 6.42 Å². The molecule has 1 fully saturated rings. The van der Waals surface area contributed by atoms with E-state index in [1.807, 2.05) is 4.68 Å². The molecule has 0 radical (unpaired) electrons. The first-order valence-corrected chi connectivity index (χ1v) is 3.90. The van der Waals surface area contributed by atoms with Crippen molar-refractivity contribution in [1.29, 1.82) is 0 Å². The van der Waals surface area contributed by atoms with Crippen LogP contribution in [0.5, 0.6) is 0 Å². The summed E-state index contributed by atoms with van der Waals surface area (Å²) >= 11 is 0. The van der Waals surface area contributed by atoms with E-state index in [1.54, 1.807) is 6.33 Å². The van der Waals surface area contributed by atoms with Crippen molar-refractivity contribution in [2.24, 2.45) is 11.8 Å². The molecule has 2 unspecified atom stereocenters. The first kappa shape index (κ1) is 6.64. The first-order chi connectivity index (χ1) is 5.25. The quantitative estimate of drug-likeness (QED) is 0.672. The highest BCUT2D eigenvalue weighted by Gasteiger charge is 2.32. The molecule has 1 aliphatic carbocycles. The van der Waals surface area contributed by atoms with Gasteiger partial charge in [0.1, 0.15) is 6.33 Å². The lowest BCUT2D eigenvalue weighted by Crippen LogP contribution is -2.01. The summed E-state index contributed by atoms with van der Waals surface area (Å²) in [5.74, 6) is 2.04. The van der Waals surface area contributed by atoms with Gasteiger partial charge in [0.25, 0.3) is 0 Å². The average Bonchev–Trinajstić information content (AvgIpc) is 2.42. The summed E-state index contributed by atoms with van der Waals surface area (Å²) in [6.07, 6.45) is 3.01. The van der Waals surface area contributed by atoms with Crippen molar-refractivity contribution in [3.05, 3.63) is 6.33 Å². The fourth-order valence-corrected chi connectivity index (χ4v) is 1.29. The maximum atomic E-state index is 5.37. The van der Waals surface area contributed by atoms with Gasteiger partial charge in [0.15, 0.2) is 0 Å². The topological polar surface area (TPSA) is 56.7 Å². The van der Waals surface area contributed by atoms with Crippen LogP contribution >= 0.6 is 0 Å². The van der Waals surface area contributed by atoms with Crippen molar-refractivity contribution >= 4 is 5.95 Å². The number of nitrogen functional groups attached to an aromatic ring is 1. The lowest BCUT2D eigenvalue weighted by Gasteiger charge is -1.95. The molecule has 4 nitrogen and oxygen atoms in total. The summed E-state index contributed by atoms with van der Waals surface area (Å²) in [4.78, 5) is 3.85. The molecule has 0 saturated heterocycles. The molecule has 60 valence electrons. The van der Waals surface area contributed by atoms with Crippen LogP contribution in [0.3, 0.4) is 0 Å². The monoisotopic (exact) mass is 152 g/mol. The van der Waals surface area contributed by atoms with Gasteiger partial charge in [-0.15, -0.1) is 5.10 Å². The van der Waals surface area contributed by atoms with Gasteiger partial charge in [0.2, 0.25) is 5.95 Å². The minimum atomic E-state index is 0.373. The predicted octanol–water partition coefficient (Wildman–Crippen LogP) is 0.516. The Labute approximate surface area is 65.4 Å². The number of nitrogens with zero attached hydrogens (tertiary/aromatic N) is 3. The molecule has 11 heavy (non-hydrogen) atoms. The Morgan fingerprint density at radius 2 is 2.55 bits per heavy atom. The normalized spacial score (nSPS) is 28.8. The summed E-state index contributed by atoms with van der Waals surface area (Å²) < 4.78 is 1.82. The Morgan fingerprint density at radius 1 is 1.82 bits per heavy atom. The van der Waals surface area contributed by atoms with Gasteiger partial charge < -0.3 is 5.73 Å². The van der Waals surface area contributed by atoms with Crippen molar-refractivity contribution < 1.29 is 0 Å². The number of rotatable bonds is 2. The number of hydrogen-bond donors (Lipinski definition) is 1. The summed E-state index contributed by atoms with van der Waals surface area (Å²) in [7, 11) is 0. The van der Waals surface area contributed by atoms with Crippen LogP contribution in [0.15, 0.2) is 6.33 Å². The van der Waals surface area contributed by atoms with Gasteiger partial charge in [0.05, 0.1) is 0 Å². The third-order valence-corrected chi connectivity index (χ3v) is 2.25. The minimum Gasteiger partial charge on any atom is -0.367 e. The largest absolute Gasteiger partial charge is 0.367 e. The molecule has 0 aromatic carbocycles. The molecule has 0 aliphatic heterocycles. The van der Waals surface area contributed by atoms with Crippen molar-refractivity contribution in [3.63, 3.8) is 0 Å². The highest BCUT2D eigenvalue weighted by molar-refractivity contribution is 5.09. The average molecular weight is 152 g/mol. The Morgan fingerprint density at radius 3 is 3.00 bits per heavy atom. The van der Waals surface area contributed by atoms with Crippen molar-refractivity contribution in [2.45, 2.75) is 19.9 Å². The van der Waals surface area contributed by atoms with Crippen molar-refractivity contribution in [1.82, 2.24) is 14.8 Å². The zero-order valence-corrected chi connectivity index (χ0v) is 6.57. The second kappa shape index (κ2) is 2.22. The molecule has 2 rings (SSSR count). The van der Waals surface area contributed by atoms with Crippen LogP contribution in [0.2, 0.25) is 0 Å². The van der Waals surface area contributed by atoms with Gasteiger partial charge in [-0.3, -0.25) is 4.68 Å². The Kier molecular flexibility index (Phi) is 1.34. The minimum absolute atomic E-state index is 0.373. The second-order valence-electron chi connectivity index (χ2n) is 3.30. The summed E-state index contributed by atoms with van der Waals surface area (Å²) in [5.41, 5.74) is 5.37. The number of aromatic nitrogens is 3. The molecule has 0 bridgehead atoms. The zero-order chi connectivity index (χ0) is 7.84. The highest BCUT2D eigenvalue weighted by atomic mass is 15.4. The molecule has 1 aromatic heterocycles. The fraction of sp³-hybridized carbons (Fsp3) is 0.714. The standard InChI is InChI=1S/C7H12N4/c1-5-2-6(5)3-11-4-9-7(8)10-11/h4-6H,2-3H2,1H3,(H2,8,10). The van der Waals surface area contributed by atoms with E-state index in [4.69, 9.17) is 5.73 Å². The van der Waals surface area contributed by atoms with E-state index in [0.29, 0.717) is 5.95 Å². The summed E-state index contributed by atoms with van der Waals surface area (Å²) in [5, 5.41) is 4.01. The van der Waals surface area contributed by atoms with Crippen molar-refractivity contribution in [2.75, 3.05) is 5.73 Å². The maximum absolute atomic E-state index is 5.37. The van der Waals surface area contributed by atoms with Gasteiger partial charge in [-0.05, 0) is 18.3 Å². The molecule has 2 atom stereocenters. The number of nitrogens with two attached hydrogens (primary N) is 1. The van der Waals surface area contributed by atoms with E-state index in [-0.39, 0.29) is 0 Å². The molecule has 1 saturated carbocycles. The third kappa shape index (κ3) is 1.34. The van der Waals surface area contributed by atoms with Crippen LogP contribution in [0.4, 0.5) is 5.95 Å². The van der Waals surface area contributed by atoms with Crippen LogP contribution in [-0.4, -0.2) is 14.8 Å². The van der Waals surface area contributed by atoms with Gasteiger partial charge in [-0.1, -0.05) is 6.92 Å². The summed E-state index contributed by atoms with van der Waals surface area (Å²) in [6.45, 7) is 3.23. The third-order valence-electron chi connectivity index (χ3n) is 2.25. The molecular weight excluding hydrogens is 140 g/mol. The van der Waals surface area contributed by atoms with Crippen LogP contribution < -0.4 is 5.73 Å². The van der Waals surface area contributed by atoms with E-state index >= 15 is 0 Å².